The van der Waals surface area contributed by atoms with Crippen molar-refractivity contribution >= 4 is 13.8 Å². The number of quaternary nitrogens is 1. The summed E-state index contributed by atoms with van der Waals surface area (Å²) >= 11 is 0. The van der Waals surface area contributed by atoms with Gasteiger partial charge in [-0.2, -0.15) is 0 Å². The van der Waals surface area contributed by atoms with Crippen LogP contribution < -0.4 is 0 Å². The molecule has 8 nitrogen and oxygen atoms in total. The summed E-state index contributed by atoms with van der Waals surface area (Å²) in [6.45, 7) is 5.46. The largest absolute Gasteiger partial charge is 0.472 e. The van der Waals surface area contributed by atoms with Crippen molar-refractivity contribution in [2.75, 3.05) is 54.1 Å². The van der Waals surface area contributed by atoms with E-state index in [-0.39, 0.29) is 25.8 Å². The molecule has 0 aromatic heterocycles. The minimum atomic E-state index is -4.28. The number of esters is 1. The molecule has 0 aliphatic carbocycles. The van der Waals surface area contributed by atoms with E-state index in [9.17, 15) is 14.3 Å². The fourth-order valence-electron chi connectivity index (χ4n) is 5.56. The van der Waals surface area contributed by atoms with Gasteiger partial charge in [0.05, 0.1) is 34.4 Å². The normalized spacial score (nSPS) is 14.3. The van der Waals surface area contributed by atoms with E-state index in [1.54, 1.807) is 0 Å². The van der Waals surface area contributed by atoms with Gasteiger partial charge in [-0.3, -0.25) is 13.8 Å². The molecule has 9 heteroatoms. The molecule has 2 atom stereocenters. The van der Waals surface area contributed by atoms with E-state index in [1.807, 2.05) is 21.1 Å². The molecule has 2 unspecified atom stereocenters. The van der Waals surface area contributed by atoms with Gasteiger partial charge in [-0.15, -0.1) is 0 Å². The highest BCUT2D eigenvalue weighted by atomic mass is 31.2. The maximum Gasteiger partial charge on any atom is 0.472 e. The number of carbonyl (C=O) groups excluding carboxylic acids is 1. The molecule has 0 amide bonds. The van der Waals surface area contributed by atoms with E-state index in [4.69, 9.17) is 18.5 Å². The van der Waals surface area contributed by atoms with Gasteiger partial charge in [-0.05, 0) is 70.6 Å². The number of nitrogens with zero attached hydrogens (tertiary/aromatic N) is 1. The zero-order chi connectivity index (χ0) is 39.1. The van der Waals surface area contributed by atoms with E-state index in [0.717, 1.165) is 70.6 Å². The predicted octanol–water partition coefficient (Wildman–Crippen LogP) is 12.4. The highest BCUT2D eigenvalue weighted by Gasteiger charge is 2.26. The quantitative estimate of drug-likeness (QED) is 0.0219. The molecule has 0 saturated carbocycles. The molecule has 0 aromatic rings. The van der Waals surface area contributed by atoms with Crippen LogP contribution in [0.1, 0.15) is 168 Å². The van der Waals surface area contributed by atoms with Gasteiger partial charge in [-0.25, -0.2) is 4.57 Å². The average molecular weight is 769 g/mol. The Morgan fingerprint density at radius 3 is 1.66 bits per heavy atom. The third-order valence-electron chi connectivity index (χ3n) is 8.87. The van der Waals surface area contributed by atoms with E-state index in [2.05, 4.69) is 62.5 Å². The van der Waals surface area contributed by atoms with Gasteiger partial charge in [0.25, 0.3) is 0 Å². The fraction of sp³-hybridized carbons (Fsp3) is 0.795. The molecule has 0 aromatic carbocycles. The molecule has 0 aliphatic rings. The van der Waals surface area contributed by atoms with Crippen LogP contribution in [0.2, 0.25) is 0 Å². The minimum absolute atomic E-state index is 0.0824. The summed E-state index contributed by atoms with van der Waals surface area (Å²) in [4.78, 5) is 22.8. The van der Waals surface area contributed by atoms with Crippen LogP contribution in [0.5, 0.6) is 0 Å². The van der Waals surface area contributed by atoms with Crippen molar-refractivity contribution in [2.45, 2.75) is 174 Å². The Morgan fingerprint density at radius 2 is 1.09 bits per heavy atom. The van der Waals surface area contributed by atoms with Crippen LogP contribution in [-0.4, -0.2) is 75.6 Å². The SMILES string of the molecule is CC/C=C\C/C=C\C/C=C\CCCCCCCC(=O)OC(COCCCCCCCC/C=C\CCCCCCCC)COP(=O)(O)OCC[N+](C)(C)C. The Labute approximate surface area is 327 Å². The summed E-state index contributed by atoms with van der Waals surface area (Å²) in [5, 5.41) is 0. The Morgan fingerprint density at radius 1 is 0.604 bits per heavy atom. The second kappa shape index (κ2) is 37.4. The number of rotatable bonds is 39. The zero-order valence-electron chi connectivity index (χ0n) is 35.0. The smallest absolute Gasteiger partial charge is 0.457 e. The number of phosphoric ester groups is 1. The van der Waals surface area contributed by atoms with E-state index in [1.165, 1.54) is 77.0 Å². The Balaban J connectivity index is 4.29. The van der Waals surface area contributed by atoms with Gasteiger partial charge in [0.1, 0.15) is 19.3 Å². The molecular formula is C44H83NO7P+. The van der Waals surface area contributed by atoms with Gasteiger partial charge in [0, 0.05) is 13.0 Å². The van der Waals surface area contributed by atoms with Crippen molar-refractivity contribution in [3.05, 3.63) is 48.6 Å². The predicted molar refractivity (Wildman–Crippen MR) is 224 cm³/mol. The lowest BCUT2D eigenvalue weighted by Gasteiger charge is -2.24. The average Bonchev–Trinajstić information content (AvgIpc) is 3.11. The molecule has 0 saturated heterocycles. The number of allylic oxidation sites excluding steroid dienone is 8. The third kappa shape index (κ3) is 41.5. The summed E-state index contributed by atoms with van der Waals surface area (Å²) in [6, 6.07) is 0. The molecule has 310 valence electrons. The van der Waals surface area contributed by atoms with Crippen LogP contribution in [-0.2, 0) is 27.9 Å². The van der Waals surface area contributed by atoms with Crippen LogP contribution in [0.15, 0.2) is 48.6 Å². The van der Waals surface area contributed by atoms with Crippen LogP contribution in [0.4, 0.5) is 0 Å². The number of likely N-dealkylation sites (N-methyl/N-ethyl adjacent to an activating group) is 1. The van der Waals surface area contributed by atoms with Crippen molar-refractivity contribution in [3.8, 4) is 0 Å². The Hall–Kier alpha value is -1.54. The number of carbonyl (C=O) groups is 1. The first-order valence-electron chi connectivity index (χ1n) is 21.4. The molecular weight excluding hydrogens is 685 g/mol. The second-order valence-corrected chi connectivity index (χ2v) is 16.8. The third-order valence-corrected chi connectivity index (χ3v) is 9.86. The lowest BCUT2D eigenvalue weighted by atomic mass is 10.1. The molecule has 53 heavy (non-hydrogen) atoms. The monoisotopic (exact) mass is 769 g/mol. The van der Waals surface area contributed by atoms with Crippen molar-refractivity contribution in [3.63, 3.8) is 0 Å². The molecule has 1 N–H and O–H groups in total. The van der Waals surface area contributed by atoms with Gasteiger partial charge in [0.15, 0.2) is 0 Å². The molecule has 0 rings (SSSR count). The van der Waals surface area contributed by atoms with Crippen LogP contribution in [0.25, 0.3) is 0 Å². The number of unbranched alkanes of at least 4 members (excludes halogenated alkanes) is 17. The number of hydrogen-bond acceptors (Lipinski definition) is 6. The van der Waals surface area contributed by atoms with Crippen molar-refractivity contribution < 1.29 is 37.3 Å². The van der Waals surface area contributed by atoms with Crippen molar-refractivity contribution in [1.29, 1.82) is 0 Å². The molecule has 0 aliphatic heterocycles. The summed E-state index contributed by atoms with van der Waals surface area (Å²) in [7, 11) is 1.65. The van der Waals surface area contributed by atoms with Gasteiger partial charge >= 0.3 is 13.8 Å². The summed E-state index contributed by atoms with van der Waals surface area (Å²) in [6.07, 6.45) is 44.2. The lowest BCUT2D eigenvalue weighted by molar-refractivity contribution is -0.870. The van der Waals surface area contributed by atoms with Crippen molar-refractivity contribution in [1.82, 2.24) is 0 Å². The first-order valence-corrected chi connectivity index (χ1v) is 22.9. The molecule has 0 heterocycles. The zero-order valence-corrected chi connectivity index (χ0v) is 35.9. The Bertz CT molecular complexity index is 989. The molecule has 0 radical (unpaired) electrons. The standard InChI is InChI=1S/C44H82NO7P/c1-6-8-10-12-14-16-18-20-22-24-26-28-30-32-34-36-39-49-41-43(42-51-53(47,48)50-40-38-45(3,4)5)52-44(46)37-35-33-31-29-27-25-23-21-19-17-15-13-11-9-7-2/h9,11,15,17,20-23,43H,6-8,10,12-14,16,18-19,24-42H2,1-5H3/p+1/b11-9-,17-15-,22-20-,23-21-. The summed E-state index contributed by atoms with van der Waals surface area (Å²) in [5.74, 6) is -0.334. The van der Waals surface area contributed by atoms with E-state index in [0.29, 0.717) is 24.1 Å². The fourth-order valence-corrected chi connectivity index (χ4v) is 6.30. The van der Waals surface area contributed by atoms with Crippen LogP contribution >= 0.6 is 7.82 Å². The first kappa shape index (κ1) is 51.5. The number of phosphoric acid groups is 1. The minimum Gasteiger partial charge on any atom is -0.457 e. The highest BCUT2D eigenvalue weighted by molar-refractivity contribution is 7.47. The summed E-state index contributed by atoms with van der Waals surface area (Å²) in [5.41, 5.74) is 0. The van der Waals surface area contributed by atoms with E-state index < -0.39 is 13.9 Å². The van der Waals surface area contributed by atoms with Crippen LogP contribution in [0.3, 0.4) is 0 Å². The van der Waals surface area contributed by atoms with Crippen molar-refractivity contribution in [2.24, 2.45) is 0 Å². The summed E-state index contributed by atoms with van der Waals surface area (Å²) < 4.78 is 34.9. The maximum absolute atomic E-state index is 12.7. The van der Waals surface area contributed by atoms with E-state index >= 15 is 0 Å². The first-order chi connectivity index (χ1) is 25.6. The second-order valence-electron chi connectivity index (χ2n) is 15.3. The topological polar surface area (TPSA) is 91.3 Å². The number of ether oxygens (including phenoxy) is 2. The van der Waals surface area contributed by atoms with Gasteiger partial charge < -0.3 is 18.9 Å². The lowest BCUT2D eigenvalue weighted by Crippen LogP contribution is -2.37. The molecule has 0 spiro atoms. The molecule has 0 fully saturated rings. The van der Waals surface area contributed by atoms with Gasteiger partial charge in [0.2, 0.25) is 0 Å². The van der Waals surface area contributed by atoms with Gasteiger partial charge in [-0.1, -0.05) is 140 Å². The maximum atomic E-state index is 12.7. The Kier molecular flexibility index (Phi) is 36.3. The molecule has 0 bridgehead atoms. The van der Waals surface area contributed by atoms with Crippen LogP contribution in [0, 0.1) is 0 Å². The highest BCUT2D eigenvalue weighted by Crippen LogP contribution is 2.43. The number of hydrogen-bond donors (Lipinski definition) is 1.